The number of hydrogen-bond donors (Lipinski definition) is 0. The Morgan fingerprint density at radius 2 is 1.53 bits per heavy atom. The molecule has 102 valence electrons. The quantitative estimate of drug-likeness (QED) is 0.777. The van der Waals surface area contributed by atoms with Crippen molar-refractivity contribution in [3.8, 4) is 11.5 Å². The van der Waals surface area contributed by atoms with Gasteiger partial charge in [0.1, 0.15) is 11.5 Å². The van der Waals surface area contributed by atoms with Crippen molar-refractivity contribution < 1.29 is 9.47 Å². The Morgan fingerprint density at radius 3 is 2.16 bits per heavy atom. The zero-order chi connectivity index (χ0) is 14.0. The van der Waals surface area contributed by atoms with Gasteiger partial charge in [0, 0.05) is 10.8 Å². The first-order valence-electron chi connectivity index (χ1n) is 6.53. The van der Waals surface area contributed by atoms with Crippen LogP contribution in [-0.2, 0) is 0 Å². The fourth-order valence-corrected chi connectivity index (χ4v) is 2.20. The summed E-state index contributed by atoms with van der Waals surface area (Å²) in [4.78, 5) is 0. The van der Waals surface area contributed by atoms with Crippen LogP contribution in [0.5, 0.6) is 11.5 Å². The minimum atomic E-state index is 0.0813. The maximum atomic E-state index is 6.24. The lowest BCUT2D eigenvalue weighted by atomic mass is 10.1. The van der Waals surface area contributed by atoms with Crippen LogP contribution in [0.4, 0.5) is 0 Å². The highest BCUT2D eigenvalue weighted by molar-refractivity contribution is 6.33. The third-order valence-electron chi connectivity index (χ3n) is 2.64. The number of fused-ring (bicyclic) bond motifs is 1. The average Bonchev–Trinajstić information content (AvgIpc) is 2.32. The molecule has 0 amide bonds. The van der Waals surface area contributed by atoms with E-state index in [9.17, 15) is 0 Å². The predicted octanol–water partition coefficient (Wildman–Crippen LogP) is 5.07. The van der Waals surface area contributed by atoms with E-state index in [2.05, 4.69) is 0 Å². The maximum absolute atomic E-state index is 6.24. The maximum Gasteiger partial charge on any atom is 0.146 e. The van der Waals surface area contributed by atoms with E-state index in [1.54, 1.807) is 0 Å². The third-order valence-corrected chi connectivity index (χ3v) is 2.94. The highest BCUT2D eigenvalue weighted by Gasteiger charge is 2.12. The van der Waals surface area contributed by atoms with Crippen LogP contribution in [0.25, 0.3) is 10.8 Å². The summed E-state index contributed by atoms with van der Waals surface area (Å²) >= 11 is 6.24. The fraction of sp³-hybridized carbons (Fsp3) is 0.375. The monoisotopic (exact) mass is 278 g/mol. The van der Waals surface area contributed by atoms with Crippen LogP contribution in [0.3, 0.4) is 0 Å². The van der Waals surface area contributed by atoms with Crippen molar-refractivity contribution in [3.63, 3.8) is 0 Å². The Balaban J connectivity index is 2.59. The lowest BCUT2D eigenvalue weighted by Gasteiger charge is -2.17. The predicted molar refractivity (Wildman–Crippen MR) is 80.5 cm³/mol. The molecular weight excluding hydrogens is 260 g/mol. The van der Waals surface area contributed by atoms with Gasteiger partial charge in [0.05, 0.1) is 17.2 Å². The summed E-state index contributed by atoms with van der Waals surface area (Å²) in [7, 11) is 0. The fourth-order valence-electron chi connectivity index (χ4n) is 1.99. The van der Waals surface area contributed by atoms with Gasteiger partial charge in [-0.25, -0.2) is 0 Å². The second-order valence-corrected chi connectivity index (χ2v) is 5.47. The normalized spacial score (nSPS) is 11.3. The number of benzene rings is 2. The van der Waals surface area contributed by atoms with Gasteiger partial charge in [0.2, 0.25) is 0 Å². The molecule has 2 nitrogen and oxygen atoms in total. The molecule has 2 aromatic carbocycles. The molecule has 0 spiro atoms. The summed E-state index contributed by atoms with van der Waals surface area (Å²) in [5, 5.41) is 2.64. The van der Waals surface area contributed by atoms with Gasteiger partial charge >= 0.3 is 0 Å². The molecule has 0 N–H and O–H groups in total. The molecule has 0 saturated heterocycles. The van der Waals surface area contributed by atoms with Gasteiger partial charge in [-0.15, -0.1) is 0 Å². The lowest BCUT2D eigenvalue weighted by Crippen LogP contribution is -2.08. The van der Waals surface area contributed by atoms with Crippen LogP contribution in [0.2, 0.25) is 5.02 Å². The van der Waals surface area contributed by atoms with E-state index in [0.717, 1.165) is 22.3 Å². The lowest BCUT2D eigenvalue weighted by molar-refractivity contribution is 0.242. The van der Waals surface area contributed by atoms with Crippen molar-refractivity contribution in [2.24, 2.45) is 0 Å². The van der Waals surface area contributed by atoms with E-state index in [0.29, 0.717) is 5.02 Å². The van der Waals surface area contributed by atoms with Crippen LogP contribution >= 0.6 is 11.6 Å². The van der Waals surface area contributed by atoms with Crippen molar-refractivity contribution in [2.75, 3.05) is 0 Å². The van der Waals surface area contributed by atoms with Gasteiger partial charge in [0.25, 0.3) is 0 Å². The van der Waals surface area contributed by atoms with E-state index in [1.807, 2.05) is 58.0 Å². The van der Waals surface area contributed by atoms with Gasteiger partial charge < -0.3 is 9.47 Å². The third kappa shape index (κ3) is 3.13. The molecule has 0 aliphatic heterocycles. The zero-order valence-corrected chi connectivity index (χ0v) is 12.5. The van der Waals surface area contributed by atoms with E-state index in [-0.39, 0.29) is 12.2 Å². The van der Waals surface area contributed by atoms with Crippen LogP contribution < -0.4 is 9.47 Å². The number of rotatable bonds is 4. The molecule has 2 rings (SSSR count). The minimum absolute atomic E-state index is 0.0813. The molecule has 0 bridgehead atoms. The molecular formula is C16H19ClO2. The second-order valence-electron chi connectivity index (χ2n) is 5.06. The molecule has 0 aromatic heterocycles. The second kappa shape index (κ2) is 5.70. The van der Waals surface area contributed by atoms with Crippen molar-refractivity contribution in [3.05, 3.63) is 35.4 Å². The summed E-state index contributed by atoms with van der Waals surface area (Å²) in [6, 6.07) is 9.77. The first-order chi connectivity index (χ1) is 8.99. The molecule has 0 aliphatic rings. The van der Waals surface area contributed by atoms with Crippen LogP contribution in [0, 0.1) is 0 Å². The Kier molecular flexibility index (Phi) is 4.20. The molecule has 0 fully saturated rings. The van der Waals surface area contributed by atoms with Gasteiger partial charge in [-0.3, -0.25) is 0 Å². The molecule has 0 unspecified atom stereocenters. The molecule has 3 heteroatoms. The zero-order valence-electron chi connectivity index (χ0n) is 11.7. The van der Waals surface area contributed by atoms with Gasteiger partial charge in [-0.2, -0.15) is 0 Å². The Morgan fingerprint density at radius 1 is 0.842 bits per heavy atom. The van der Waals surface area contributed by atoms with Crippen LogP contribution in [0.1, 0.15) is 27.7 Å². The average molecular weight is 279 g/mol. The SMILES string of the molecule is CC(C)Oc1cccc2c(OC(C)C)c(Cl)ccc12. The van der Waals surface area contributed by atoms with Crippen LogP contribution in [0.15, 0.2) is 30.3 Å². The van der Waals surface area contributed by atoms with E-state index in [4.69, 9.17) is 21.1 Å². The highest BCUT2D eigenvalue weighted by atomic mass is 35.5. The van der Waals surface area contributed by atoms with E-state index in [1.165, 1.54) is 0 Å². The van der Waals surface area contributed by atoms with E-state index < -0.39 is 0 Å². The number of hydrogen-bond acceptors (Lipinski definition) is 2. The number of halogens is 1. The molecule has 0 aliphatic carbocycles. The topological polar surface area (TPSA) is 18.5 Å². The smallest absolute Gasteiger partial charge is 0.146 e. The van der Waals surface area contributed by atoms with Gasteiger partial charge in [-0.05, 0) is 45.9 Å². The van der Waals surface area contributed by atoms with Gasteiger partial charge in [0.15, 0.2) is 0 Å². The van der Waals surface area contributed by atoms with Crippen molar-refractivity contribution in [2.45, 2.75) is 39.9 Å². The Bertz CT molecular complexity index is 576. The minimum Gasteiger partial charge on any atom is -0.490 e. The first-order valence-corrected chi connectivity index (χ1v) is 6.91. The van der Waals surface area contributed by atoms with E-state index >= 15 is 0 Å². The summed E-state index contributed by atoms with van der Waals surface area (Å²) in [5.74, 6) is 1.58. The summed E-state index contributed by atoms with van der Waals surface area (Å²) in [5.41, 5.74) is 0. The summed E-state index contributed by atoms with van der Waals surface area (Å²) in [6.45, 7) is 8.01. The Hall–Kier alpha value is -1.41. The molecule has 0 radical (unpaired) electrons. The molecule has 0 heterocycles. The van der Waals surface area contributed by atoms with Crippen LogP contribution in [-0.4, -0.2) is 12.2 Å². The summed E-state index contributed by atoms with van der Waals surface area (Å²) < 4.78 is 11.7. The van der Waals surface area contributed by atoms with Crippen molar-refractivity contribution in [1.82, 2.24) is 0 Å². The molecule has 2 aromatic rings. The largest absolute Gasteiger partial charge is 0.490 e. The molecule has 0 saturated carbocycles. The Labute approximate surface area is 119 Å². The van der Waals surface area contributed by atoms with Gasteiger partial charge in [-0.1, -0.05) is 23.7 Å². The summed E-state index contributed by atoms with van der Waals surface area (Å²) in [6.07, 6.45) is 0.216. The standard InChI is InChI=1S/C16H19ClO2/c1-10(2)18-15-7-5-6-13-12(15)8-9-14(17)16(13)19-11(3)4/h5-11H,1-4H3. The number of ether oxygens (including phenoxy) is 2. The van der Waals surface area contributed by atoms with Crippen molar-refractivity contribution in [1.29, 1.82) is 0 Å². The molecule has 19 heavy (non-hydrogen) atoms. The van der Waals surface area contributed by atoms with Crippen molar-refractivity contribution >= 4 is 22.4 Å². The molecule has 0 atom stereocenters. The first kappa shape index (κ1) is 14.0. The highest BCUT2D eigenvalue weighted by Crippen LogP contribution is 2.38.